The van der Waals surface area contributed by atoms with Crippen molar-refractivity contribution >= 4 is 33.2 Å². The smallest absolute Gasteiger partial charge is 0.264 e. The number of nitrogens with one attached hydrogen (secondary N) is 1. The minimum Gasteiger partial charge on any atom is -0.476 e. The summed E-state index contributed by atoms with van der Waals surface area (Å²) in [5, 5.41) is 3.25. The molecule has 0 aromatic heterocycles. The third-order valence-electron chi connectivity index (χ3n) is 4.11. The highest BCUT2D eigenvalue weighted by atomic mass is 35.5. The lowest BCUT2D eigenvalue weighted by atomic mass is 10.2. The molecule has 0 radical (unpaired) electrons. The summed E-state index contributed by atoms with van der Waals surface area (Å²) in [6.07, 6.45) is -0.930. The number of rotatable bonds is 5. The van der Waals surface area contributed by atoms with Gasteiger partial charge in [0.2, 0.25) is 0 Å². The molecule has 0 bridgehead atoms. The zero-order valence-corrected chi connectivity index (χ0v) is 16.6. The molecule has 27 heavy (non-hydrogen) atoms. The van der Waals surface area contributed by atoms with Gasteiger partial charge < -0.3 is 10.1 Å². The van der Waals surface area contributed by atoms with Crippen LogP contribution in [0.25, 0.3) is 0 Å². The molecule has 6 nitrogen and oxygen atoms in total. The first-order valence-electron chi connectivity index (χ1n) is 8.60. The SMILES string of the molecule is CC(C)CNC(=O)[C@@H]1CN(S(=O)(=O)c2ccc(Cl)cc2)c2ccccc2O1. The molecule has 1 aliphatic rings. The van der Waals surface area contributed by atoms with Gasteiger partial charge in [-0.1, -0.05) is 37.6 Å². The van der Waals surface area contributed by atoms with E-state index in [9.17, 15) is 13.2 Å². The van der Waals surface area contributed by atoms with Crippen molar-refractivity contribution in [1.82, 2.24) is 5.32 Å². The molecule has 1 heterocycles. The van der Waals surface area contributed by atoms with E-state index in [2.05, 4.69) is 5.32 Å². The lowest BCUT2D eigenvalue weighted by Crippen LogP contribution is -2.51. The fraction of sp³-hybridized carbons (Fsp3) is 0.316. The van der Waals surface area contributed by atoms with E-state index in [4.69, 9.17) is 16.3 Å². The van der Waals surface area contributed by atoms with Crippen LogP contribution >= 0.6 is 11.6 Å². The summed E-state index contributed by atoms with van der Waals surface area (Å²) in [6, 6.07) is 12.7. The second-order valence-electron chi connectivity index (χ2n) is 6.70. The van der Waals surface area contributed by atoms with Crippen LogP contribution in [0.2, 0.25) is 5.02 Å². The van der Waals surface area contributed by atoms with Crippen LogP contribution in [0.15, 0.2) is 53.4 Å². The number of sulfonamides is 1. The molecule has 3 rings (SSSR count). The zero-order valence-electron chi connectivity index (χ0n) is 15.1. The summed E-state index contributed by atoms with van der Waals surface area (Å²) < 4.78 is 33.4. The largest absolute Gasteiger partial charge is 0.476 e. The van der Waals surface area contributed by atoms with E-state index in [1.165, 1.54) is 28.6 Å². The molecular weight excluding hydrogens is 388 g/mol. The average Bonchev–Trinajstić information content (AvgIpc) is 2.65. The van der Waals surface area contributed by atoms with E-state index >= 15 is 0 Å². The molecule has 1 atom stereocenters. The molecule has 0 fully saturated rings. The molecular formula is C19H21ClN2O4S. The molecule has 2 aromatic carbocycles. The van der Waals surface area contributed by atoms with Gasteiger partial charge in [-0.15, -0.1) is 0 Å². The Balaban J connectivity index is 1.95. The summed E-state index contributed by atoms with van der Waals surface area (Å²) in [4.78, 5) is 12.6. The monoisotopic (exact) mass is 408 g/mol. The van der Waals surface area contributed by atoms with Crippen LogP contribution in [-0.2, 0) is 14.8 Å². The molecule has 1 aliphatic heterocycles. The quantitative estimate of drug-likeness (QED) is 0.824. The van der Waals surface area contributed by atoms with Gasteiger partial charge >= 0.3 is 0 Å². The minimum atomic E-state index is -3.88. The van der Waals surface area contributed by atoms with Gasteiger partial charge in [-0.05, 0) is 42.3 Å². The second kappa shape index (κ2) is 7.78. The Morgan fingerprint density at radius 1 is 1.22 bits per heavy atom. The predicted octanol–water partition coefficient (Wildman–Crippen LogP) is 3.07. The van der Waals surface area contributed by atoms with Crippen LogP contribution in [0.3, 0.4) is 0 Å². The summed E-state index contributed by atoms with van der Waals surface area (Å²) in [5.74, 6) is 0.291. The van der Waals surface area contributed by atoms with E-state index in [1.807, 2.05) is 13.8 Å². The van der Waals surface area contributed by atoms with Crippen LogP contribution < -0.4 is 14.4 Å². The average molecular weight is 409 g/mol. The third kappa shape index (κ3) is 4.20. The van der Waals surface area contributed by atoms with E-state index in [0.717, 1.165) is 0 Å². The molecule has 144 valence electrons. The number of amides is 1. The number of halogens is 1. The number of anilines is 1. The van der Waals surface area contributed by atoms with Gasteiger partial charge in [0.15, 0.2) is 6.10 Å². The number of ether oxygens (including phenoxy) is 1. The Bertz CT molecular complexity index is 929. The number of hydrogen-bond donors (Lipinski definition) is 1. The van der Waals surface area contributed by atoms with E-state index in [-0.39, 0.29) is 23.3 Å². The van der Waals surface area contributed by atoms with Crippen molar-refractivity contribution in [3.63, 3.8) is 0 Å². The zero-order chi connectivity index (χ0) is 19.6. The number of fused-ring (bicyclic) bond motifs is 1. The van der Waals surface area contributed by atoms with Crippen molar-refractivity contribution in [2.75, 3.05) is 17.4 Å². The van der Waals surface area contributed by atoms with Gasteiger partial charge in [0, 0.05) is 11.6 Å². The van der Waals surface area contributed by atoms with Crippen molar-refractivity contribution in [3.05, 3.63) is 53.6 Å². The molecule has 0 unspecified atom stereocenters. The number of benzene rings is 2. The highest BCUT2D eigenvalue weighted by molar-refractivity contribution is 7.92. The third-order valence-corrected chi connectivity index (χ3v) is 6.16. The maximum atomic E-state index is 13.2. The number of hydrogen-bond acceptors (Lipinski definition) is 4. The molecule has 8 heteroatoms. The van der Waals surface area contributed by atoms with Gasteiger partial charge in [0.25, 0.3) is 15.9 Å². The van der Waals surface area contributed by atoms with Crippen LogP contribution in [0, 0.1) is 5.92 Å². The summed E-state index contributed by atoms with van der Waals surface area (Å²) in [6.45, 7) is 4.35. The molecule has 2 aromatic rings. The van der Waals surface area contributed by atoms with E-state index in [0.29, 0.717) is 23.0 Å². The van der Waals surface area contributed by atoms with Gasteiger partial charge in [-0.2, -0.15) is 0 Å². The lowest BCUT2D eigenvalue weighted by molar-refractivity contribution is -0.127. The first kappa shape index (κ1) is 19.5. The summed E-state index contributed by atoms with van der Waals surface area (Å²) in [5.41, 5.74) is 0.403. The van der Waals surface area contributed by atoms with Crippen LogP contribution in [0.5, 0.6) is 5.75 Å². The van der Waals surface area contributed by atoms with Crippen molar-refractivity contribution < 1.29 is 17.9 Å². The standard InChI is InChI=1S/C19H21ClN2O4S/c1-13(2)11-21-19(23)18-12-22(16-5-3-4-6-17(16)26-18)27(24,25)15-9-7-14(20)8-10-15/h3-10,13,18H,11-12H2,1-2H3,(H,21,23)/t18-/m0/s1. The predicted molar refractivity (Wildman–Crippen MR) is 105 cm³/mol. The highest BCUT2D eigenvalue weighted by Gasteiger charge is 2.37. The minimum absolute atomic E-state index is 0.102. The Morgan fingerprint density at radius 3 is 2.56 bits per heavy atom. The van der Waals surface area contributed by atoms with Crippen LogP contribution in [0.1, 0.15) is 13.8 Å². The maximum absolute atomic E-state index is 13.2. The van der Waals surface area contributed by atoms with Crippen molar-refractivity contribution in [1.29, 1.82) is 0 Å². The first-order valence-corrected chi connectivity index (χ1v) is 10.4. The molecule has 1 amide bonds. The van der Waals surface area contributed by atoms with Crippen LogP contribution in [0.4, 0.5) is 5.69 Å². The Morgan fingerprint density at radius 2 is 1.89 bits per heavy atom. The van der Waals surface area contributed by atoms with Gasteiger partial charge in [-0.25, -0.2) is 8.42 Å². The van der Waals surface area contributed by atoms with Gasteiger partial charge in [0.1, 0.15) is 5.75 Å². The Kier molecular flexibility index (Phi) is 5.62. The van der Waals surface area contributed by atoms with E-state index < -0.39 is 16.1 Å². The Labute approximate surface area is 164 Å². The fourth-order valence-corrected chi connectivity index (χ4v) is 4.32. The normalized spacial score (nSPS) is 16.6. The van der Waals surface area contributed by atoms with Crippen molar-refractivity contribution in [2.24, 2.45) is 5.92 Å². The number of carbonyl (C=O) groups excluding carboxylic acids is 1. The second-order valence-corrected chi connectivity index (χ2v) is 9.00. The molecule has 0 saturated carbocycles. The summed E-state index contributed by atoms with van der Waals surface area (Å²) in [7, 11) is -3.88. The lowest BCUT2D eigenvalue weighted by Gasteiger charge is -2.34. The summed E-state index contributed by atoms with van der Waals surface area (Å²) >= 11 is 5.87. The molecule has 0 spiro atoms. The maximum Gasteiger partial charge on any atom is 0.264 e. The first-order chi connectivity index (χ1) is 12.8. The Hall–Kier alpha value is -2.25. The molecule has 0 saturated heterocycles. The number of carbonyl (C=O) groups is 1. The molecule has 0 aliphatic carbocycles. The fourth-order valence-electron chi connectivity index (χ4n) is 2.72. The topological polar surface area (TPSA) is 75.7 Å². The molecule has 1 N–H and O–H groups in total. The van der Waals surface area contributed by atoms with Gasteiger partial charge in [0.05, 0.1) is 17.1 Å². The highest BCUT2D eigenvalue weighted by Crippen LogP contribution is 2.36. The van der Waals surface area contributed by atoms with Gasteiger partial charge in [-0.3, -0.25) is 9.10 Å². The van der Waals surface area contributed by atoms with E-state index in [1.54, 1.807) is 24.3 Å². The van der Waals surface area contributed by atoms with Crippen LogP contribution in [-0.4, -0.2) is 33.5 Å². The number of nitrogens with zero attached hydrogens (tertiary/aromatic N) is 1. The van der Waals surface area contributed by atoms with Crippen molar-refractivity contribution in [2.45, 2.75) is 24.8 Å². The van der Waals surface area contributed by atoms with Crippen molar-refractivity contribution in [3.8, 4) is 5.75 Å². The number of para-hydroxylation sites is 2.